The zero-order valence-electron chi connectivity index (χ0n) is 13.4. The Morgan fingerprint density at radius 2 is 1.77 bits per heavy atom. The monoisotopic (exact) mass is 348 g/mol. The number of phenols is 1. The molecule has 0 unspecified atom stereocenters. The number of benzene rings is 2. The molecule has 1 amide bonds. The molecule has 0 radical (unpaired) electrons. The fourth-order valence-corrected chi connectivity index (χ4v) is 2.66. The Morgan fingerprint density at radius 1 is 1.00 bits per heavy atom. The quantitative estimate of drug-likeness (QED) is 0.556. The van der Waals surface area contributed by atoms with Crippen molar-refractivity contribution < 1.29 is 14.3 Å². The van der Waals surface area contributed by atoms with Crippen LogP contribution in [0, 0.1) is 5.82 Å². The van der Waals surface area contributed by atoms with Gasteiger partial charge in [0, 0.05) is 11.9 Å². The normalized spacial score (nSPS) is 10.8. The number of rotatable bonds is 3. The number of nitrogens with zero attached hydrogens (tertiary/aromatic N) is 3. The number of aromatic hydroxyl groups is 1. The minimum absolute atomic E-state index is 0.108. The molecule has 0 atom stereocenters. The van der Waals surface area contributed by atoms with Crippen LogP contribution < -0.4 is 5.32 Å². The summed E-state index contributed by atoms with van der Waals surface area (Å²) in [7, 11) is 0. The zero-order chi connectivity index (χ0) is 18.1. The number of hydrogen-bond acceptors (Lipinski definition) is 4. The van der Waals surface area contributed by atoms with Crippen molar-refractivity contribution in [2.24, 2.45) is 0 Å². The van der Waals surface area contributed by atoms with E-state index in [1.165, 1.54) is 18.2 Å². The third kappa shape index (κ3) is 2.75. The summed E-state index contributed by atoms with van der Waals surface area (Å²) in [6.07, 6.45) is 1.68. The van der Waals surface area contributed by atoms with Gasteiger partial charge in [0.15, 0.2) is 11.5 Å². The molecule has 0 saturated heterocycles. The predicted molar refractivity (Wildman–Crippen MR) is 94.4 cm³/mol. The van der Waals surface area contributed by atoms with Gasteiger partial charge in [0.05, 0.1) is 11.1 Å². The highest BCUT2D eigenvalue weighted by molar-refractivity contribution is 6.08. The zero-order valence-corrected chi connectivity index (χ0v) is 13.4. The maximum Gasteiger partial charge on any atom is 0.259 e. The Balaban J connectivity index is 1.74. The van der Waals surface area contributed by atoms with Gasteiger partial charge in [-0.15, -0.1) is 10.2 Å². The second-order valence-electron chi connectivity index (χ2n) is 5.62. The van der Waals surface area contributed by atoms with Crippen LogP contribution in [0.2, 0.25) is 0 Å². The summed E-state index contributed by atoms with van der Waals surface area (Å²) in [5, 5.41) is 20.2. The topological polar surface area (TPSA) is 79.5 Å². The number of carbonyl (C=O) groups is 1. The van der Waals surface area contributed by atoms with Crippen molar-refractivity contribution in [2.45, 2.75) is 0 Å². The van der Waals surface area contributed by atoms with Crippen LogP contribution in [0.3, 0.4) is 0 Å². The average Bonchev–Trinajstić information content (AvgIpc) is 3.08. The molecule has 2 N–H and O–H groups in total. The van der Waals surface area contributed by atoms with Gasteiger partial charge < -0.3 is 10.4 Å². The number of amides is 1. The molecular weight excluding hydrogens is 335 g/mol. The van der Waals surface area contributed by atoms with Gasteiger partial charge in [-0.1, -0.05) is 12.1 Å². The molecule has 0 aliphatic carbocycles. The third-order valence-electron chi connectivity index (χ3n) is 3.92. The van der Waals surface area contributed by atoms with E-state index >= 15 is 0 Å². The van der Waals surface area contributed by atoms with Gasteiger partial charge >= 0.3 is 0 Å². The molecule has 0 saturated carbocycles. The molecular formula is C19H13FN4O2. The van der Waals surface area contributed by atoms with Gasteiger partial charge in [0.2, 0.25) is 0 Å². The Hall–Kier alpha value is -3.74. The molecule has 0 bridgehead atoms. The van der Waals surface area contributed by atoms with Gasteiger partial charge in [0.1, 0.15) is 11.6 Å². The smallest absolute Gasteiger partial charge is 0.259 e. The molecule has 26 heavy (non-hydrogen) atoms. The van der Waals surface area contributed by atoms with Crippen LogP contribution in [0.15, 0.2) is 66.9 Å². The molecule has 4 rings (SSSR count). The van der Waals surface area contributed by atoms with Crippen molar-refractivity contribution in [3.8, 4) is 17.1 Å². The minimum Gasteiger partial charge on any atom is -0.508 e. The highest BCUT2D eigenvalue weighted by Gasteiger charge is 2.17. The number of nitrogens with one attached hydrogen (secondary N) is 1. The Labute approximate surface area is 147 Å². The number of fused-ring (bicyclic) bond motifs is 1. The van der Waals surface area contributed by atoms with Crippen LogP contribution in [0.25, 0.3) is 17.0 Å². The fraction of sp³-hybridized carbons (Fsp3) is 0. The van der Waals surface area contributed by atoms with E-state index in [9.17, 15) is 14.3 Å². The molecule has 6 nitrogen and oxygen atoms in total. The first-order valence-corrected chi connectivity index (χ1v) is 7.82. The third-order valence-corrected chi connectivity index (χ3v) is 3.92. The number of hydrogen-bond donors (Lipinski definition) is 2. The molecule has 0 aliphatic heterocycles. The van der Waals surface area contributed by atoms with Crippen LogP contribution >= 0.6 is 0 Å². The van der Waals surface area contributed by atoms with E-state index < -0.39 is 5.82 Å². The van der Waals surface area contributed by atoms with Crippen molar-refractivity contribution in [3.63, 3.8) is 0 Å². The lowest BCUT2D eigenvalue weighted by Gasteiger charge is -2.07. The van der Waals surface area contributed by atoms with Gasteiger partial charge in [-0.2, -0.15) is 0 Å². The first-order valence-electron chi connectivity index (χ1n) is 7.82. The number of pyridine rings is 1. The van der Waals surface area contributed by atoms with Crippen LogP contribution in [0.4, 0.5) is 10.1 Å². The first kappa shape index (κ1) is 15.8. The van der Waals surface area contributed by atoms with Gasteiger partial charge in [0.25, 0.3) is 5.91 Å². The lowest BCUT2D eigenvalue weighted by Crippen LogP contribution is -2.13. The van der Waals surface area contributed by atoms with E-state index in [1.807, 2.05) is 0 Å². The molecule has 0 fully saturated rings. The van der Waals surface area contributed by atoms with Crippen molar-refractivity contribution in [3.05, 3.63) is 78.2 Å². The summed E-state index contributed by atoms with van der Waals surface area (Å²) < 4.78 is 15.7. The van der Waals surface area contributed by atoms with E-state index in [-0.39, 0.29) is 11.7 Å². The molecule has 128 valence electrons. The maximum absolute atomic E-state index is 14.1. The van der Waals surface area contributed by atoms with Crippen molar-refractivity contribution in [1.29, 1.82) is 0 Å². The summed E-state index contributed by atoms with van der Waals surface area (Å²) in [5.74, 6) is -0.371. The SMILES string of the molecule is O=C(Nc1ccc(O)cc1)c1cccn2c(-c3ccccc3F)nnc12. The Bertz CT molecular complexity index is 1110. The lowest BCUT2D eigenvalue weighted by molar-refractivity contribution is 0.102. The molecule has 7 heteroatoms. The molecule has 2 aromatic heterocycles. The summed E-state index contributed by atoms with van der Waals surface area (Å²) in [4.78, 5) is 12.6. The maximum atomic E-state index is 14.1. The number of aromatic nitrogens is 3. The van der Waals surface area contributed by atoms with Crippen LogP contribution in [-0.4, -0.2) is 25.6 Å². The summed E-state index contributed by atoms with van der Waals surface area (Å²) in [6.45, 7) is 0. The van der Waals surface area contributed by atoms with Gasteiger partial charge in [-0.25, -0.2) is 4.39 Å². The molecule has 0 spiro atoms. The average molecular weight is 348 g/mol. The van der Waals surface area contributed by atoms with Crippen molar-refractivity contribution >= 4 is 17.2 Å². The minimum atomic E-state index is -0.416. The van der Waals surface area contributed by atoms with E-state index in [4.69, 9.17) is 0 Å². The van der Waals surface area contributed by atoms with E-state index in [0.717, 1.165) is 0 Å². The number of halogens is 1. The lowest BCUT2D eigenvalue weighted by atomic mass is 10.2. The molecule has 0 aliphatic rings. The van der Waals surface area contributed by atoms with Crippen LogP contribution in [0.5, 0.6) is 5.75 Å². The number of anilines is 1. The van der Waals surface area contributed by atoms with Gasteiger partial charge in [-0.3, -0.25) is 9.20 Å². The second kappa shape index (κ2) is 6.29. The summed E-state index contributed by atoms with van der Waals surface area (Å²) in [5.41, 5.74) is 1.46. The standard InChI is InChI=1S/C19H13FN4O2/c20-16-6-2-1-4-14(16)17-22-23-18-15(5-3-11-24(17)18)19(26)21-12-7-9-13(25)10-8-12/h1-11,25H,(H,21,26). The van der Waals surface area contributed by atoms with E-state index in [0.29, 0.717) is 28.3 Å². The highest BCUT2D eigenvalue weighted by atomic mass is 19.1. The highest BCUT2D eigenvalue weighted by Crippen LogP contribution is 2.23. The fourth-order valence-electron chi connectivity index (χ4n) is 2.66. The van der Waals surface area contributed by atoms with Crippen molar-refractivity contribution in [2.75, 3.05) is 5.32 Å². The van der Waals surface area contributed by atoms with Crippen molar-refractivity contribution in [1.82, 2.24) is 14.6 Å². The summed E-state index contributed by atoms with van der Waals surface area (Å²) in [6, 6.07) is 15.7. The Morgan fingerprint density at radius 3 is 2.54 bits per heavy atom. The van der Waals surface area contributed by atoms with Gasteiger partial charge in [-0.05, 0) is 48.5 Å². The molecule has 4 aromatic rings. The number of phenolic OH excluding ortho intramolecular Hbond substituents is 1. The Kier molecular flexibility index (Phi) is 3.81. The van der Waals surface area contributed by atoms with E-state index in [2.05, 4.69) is 15.5 Å². The molecule has 2 heterocycles. The van der Waals surface area contributed by atoms with Crippen LogP contribution in [-0.2, 0) is 0 Å². The first-order chi connectivity index (χ1) is 12.6. The van der Waals surface area contributed by atoms with E-state index in [1.54, 1.807) is 53.1 Å². The molecule has 2 aromatic carbocycles. The second-order valence-corrected chi connectivity index (χ2v) is 5.62. The largest absolute Gasteiger partial charge is 0.508 e. The number of carbonyl (C=O) groups excluding carboxylic acids is 1. The predicted octanol–water partition coefficient (Wildman–Crippen LogP) is 3.49. The van der Waals surface area contributed by atoms with Crippen LogP contribution in [0.1, 0.15) is 10.4 Å². The summed E-state index contributed by atoms with van der Waals surface area (Å²) >= 11 is 0.